The van der Waals surface area contributed by atoms with Crippen LogP contribution in [0.15, 0.2) is 55.1 Å². The number of anilines is 2. The van der Waals surface area contributed by atoms with E-state index in [2.05, 4.69) is 20.3 Å². The number of hydrogen-bond acceptors (Lipinski definition) is 5. The van der Waals surface area contributed by atoms with Crippen LogP contribution in [0, 0.1) is 6.92 Å². The van der Waals surface area contributed by atoms with Gasteiger partial charge in [0.2, 0.25) is 0 Å². The second kappa shape index (κ2) is 7.19. The van der Waals surface area contributed by atoms with Crippen molar-refractivity contribution in [2.45, 2.75) is 13.3 Å². The van der Waals surface area contributed by atoms with Crippen molar-refractivity contribution in [2.75, 3.05) is 5.32 Å². The molecule has 0 amide bonds. The smallest absolute Gasteiger partial charge is 0.168 e. The third-order valence-electron chi connectivity index (χ3n) is 3.50. The van der Waals surface area contributed by atoms with Gasteiger partial charge in [0.05, 0.1) is 23.8 Å². The fourth-order valence-corrected chi connectivity index (χ4v) is 2.31. The van der Waals surface area contributed by atoms with Gasteiger partial charge in [0.1, 0.15) is 5.15 Å². The zero-order valence-electron chi connectivity index (χ0n) is 13.0. The Bertz CT molecular complexity index is 848. The maximum Gasteiger partial charge on any atom is 0.168 e. The van der Waals surface area contributed by atoms with Crippen LogP contribution in [-0.4, -0.2) is 20.7 Å². The number of hydrogen-bond donors (Lipinski definition) is 1. The molecule has 3 aromatic heterocycles. The van der Waals surface area contributed by atoms with Crippen molar-refractivity contribution in [3.63, 3.8) is 0 Å². The summed E-state index contributed by atoms with van der Waals surface area (Å²) in [7, 11) is 0. The highest BCUT2D eigenvalue weighted by molar-refractivity contribution is 6.29. The molecule has 0 saturated heterocycles. The van der Waals surface area contributed by atoms with Gasteiger partial charge in [0, 0.05) is 30.1 Å². The minimum atomic E-state index is -0.0320. The molecule has 0 radical (unpaired) electrons. The molecule has 1 N–H and O–H groups in total. The van der Waals surface area contributed by atoms with Gasteiger partial charge < -0.3 is 5.32 Å². The number of halogens is 1. The maximum absolute atomic E-state index is 12.4. The molecule has 3 heterocycles. The van der Waals surface area contributed by atoms with Gasteiger partial charge in [-0.3, -0.25) is 14.8 Å². The molecule has 0 atom stereocenters. The van der Waals surface area contributed by atoms with E-state index in [0.717, 1.165) is 22.6 Å². The zero-order chi connectivity index (χ0) is 16.9. The highest BCUT2D eigenvalue weighted by atomic mass is 35.5. The molecule has 0 spiro atoms. The van der Waals surface area contributed by atoms with Crippen LogP contribution < -0.4 is 5.32 Å². The molecule has 0 aromatic carbocycles. The second-order valence-corrected chi connectivity index (χ2v) is 5.70. The lowest BCUT2D eigenvalue weighted by atomic mass is 10.0. The lowest BCUT2D eigenvalue weighted by Gasteiger charge is -2.11. The van der Waals surface area contributed by atoms with E-state index >= 15 is 0 Å². The lowest BCUT2D eigenvalue weighted by molar-refractivity contribution is 0.0993. The summed E-state index contributed by atoms with van der Waals surface area (Å²) >= 11 is 5.76. The van der Waals surface area contributed by atoms with Gasteiger partial charge in [-0.1, -0.05) is 11.6 Å². The van der Waals surface area contributed by atoms with Crippen LogP contribution in [0.2, 0.25) is 5.15 Å². The van der Waals surface area contributed by atoms with E-state index in [4.69, 9.17) is 11.6 Å². The summed E-state index contributed by atoms with van der Waals surface area (Å²) in [4.78, 5) is 24.8. The van der Waals surface area contributed by atoms with Crippen LogP contribution in [0.4, 0.5) is 11.4 Å². The highest BCUT2D eigenvalue weighted by Gasteiger charge is 2.11. The SMILES string of the molecule is Cc1ccc(Nc2cnccc2CC(=O)c2ccc(Cl)nc2)cn1. The summed E-state index contributed by atoms with van der Waals surface area (Å²) in [5.41, 5.74) is 3.94. The molecule has 0 aliphatic rings. The Morgan fingerprint density at radius 3 is 2.67 bits per heavy atom. The molecule has 24 heavy (non-hydrogen) atoms. The third kappa shape index (κ3) is 3.94. The summed E-state index contributed by atoms with van der Waals surface area (Å²) in [6.07, 6.45) is 6.84. The third-order valence-corrected chi connectivity index (χ3v) is 3.73. The van der Waals surface area contributed by atoms with Crippen LogP contribution in [-0.2, 0) is 6.42 Å². The topological polar surface area (TPSA) is 67.8 Å². The average molecular weight is 339 g/mol. The van der Waals surface area contributed by atoms with E-state index in [0.29, 0.717) is 10.7 Å². The first kappa shape index (κ1) is 16.1. The van der Waals surface area contributed by atoms with E-state index in [9.17, 15) is 4.79 Å². The van der Waals surface area contributed by atoms with Crippen molar-refractivity contribution in [3.05, 3.63) is 77.1 Å². The Morgan fingerprint density at radius 1 is 1.08 bits per heavy atom. The summed E-state index contributed by atoms with van der Waals surface area (Å²) in [6.45, 7) is 1.93. The molecular weight excluding hydrogens is 324 g/mol. The predicted molar refractivity (Wildman–Crippen MR) is 93.8 cm³/mol. The summed E-state index contributed by atoms with van der Waals surface area (Å²) in [5.74, 6) is -0.0320. The zero-order valence-corrected chi connectivity index (χ0v) is 13.8. The molecular formula is C18H15ClN4O. The molecule has 0 saturated carbocycles. The molecule has 0 bridgehead atoms. The molecule has 5 nitrogen and oxygen atoms in total. The van der Waals surface area contributed by atoms with Crippen LogP contribution in [0.3, 0.4) is 0 Å². The number of aromatic nitrogens is 3. The van der Waals surface area contributed by atoms with Crippen molar-refractivity contribution in [3.8, 4) is 0 Å². The Morgan fingerprint density at radius 2 is 1.96 bits per heavy atom. The van der Waals surface area contributed by atoms with Crippen molar-refractivity contribution >= 4 is 28.8 Å². The first-order valence-electron chi connectivity index (χ1n) is 7.39. The predicted octanol–water partition coefficient (Wildman–Crippen LogP) is 4.00. The van der Waals surface area contributed by atoms with E-state index < -0.39 is 0 Å². The molecule has 0 aliphatic carbocycles. The number of pyridine rings is 3. The maximum atomic E-state index is 12.4. The van der Waals surface area contributed by atoms with Crippen LogP contribution in [0.25, 0.3) is 0 Å². The second-order valence-electron chi connectivity index (χ2n) is 5.32. The Labute approximate surface area is 144 Å². The summed E-state index contributed by atoms with van der Waals surface area (Å²) in [5, 5.41) is 3.62. The van der Waals surface area contributed by atoms with Gasteiger partial charge in [-0.05, 0) is 42.8 Å². The fraction of sp³-hybridized carbons (Fsp3) is 0.111. The number of carbonyl (C=O) groups is 1. The standard InChI is InChI=1S/C18H15ClN4O/c1-12-2-4-15(10-21-12)23-16-11-20-7-6-13(16)8-17(24)14-3-5-18(19)22-9-14/h2-7,9-11,23H,8H2,1H3. The number of nitrogens with zero attached hydrogens (tertiary/aromatic N) is 3. The summed E-state index contributed by atoms with van der Waals surface area (Å²) < 4.78 is 0. The Balaban J connectivity index is 1.79. The van der Waals surface area contributed by atoms with Crippen molar-refractivity contribution < 1.29 is 4.79 Å². The van der Waals surface area contributed by atoms with E-state index in [1.165, 1.54) is 6.20 Å². The number of rotatable bonds is 5. The number of aryl methyl sites for hydroxylation is 1. The molecule has 0 aliphatic heterocycles. The molecule has 3 aromatic rings. The first-order chi connectivity index (χ1) is 11.6. The van der Waals surface area contributed by atoms with Gasteiger partial charge >= 0.3 is 0 Å². The van der Waals surface area contributed by atoms with Crippen LogP contribution >= 0.6 is 11.6 Å². The van der Waals surface area contributed by atoms with Crippen LogP contribution in [0.5, 0.6) is 0 Å². The Hall–Kier alpha value is -2.79. The molecule has 6 heteroatoms. The number of ketones is 1. The van der Waals surface area contributed by atoms with Gasteiger partial charge in [-0.25, -0.2) is 4.98 Å². The fourth-order valence-electron chi connectivity index (χ4n) is 2.20. The largest absolute Gasteiger partial charge is 0.353 e. The van der Waals surface area contributed by atoms with Crippen LogP contribution in [0.1, 0.15) is 21.6 Å². The number of Topliss-reactive ketones (excluding diaryl/α,β-unsaturated/α-hetero) is 1. The summed E-state index contributed by atoms with van der Waals surface area (Å²) in [6, 6.07) is 8.96. The molecule has 0 fully saturated rings. The highest BCUT2D eigenvalue weighted by Crippen LogP contribution is 2.21. The number of nitrogens with one attached hydrogen (secondary N) is 1. The normalized spacial score (nSPS) is 10.4. The molecule has 0 unspecified atom stereocenters. The van der Waals surface area contributed by atoms with Gasteiger partial charge in [-0.2, -0.15) is 0 Å². The van der Waals surface area contributed by atoms with Crippen molar-refractivity contribution in [1.82, 2.24) is 15.0 Å². The van der Waals surface area contributed by atoms with E-state index in [1.807, 2.05) is 25.1 Å². The molecule has 3 rings (SSSR count). The van der Waals surface area contributed by atoms with E-state index in [1.54, 1.807) is 30.7 Å². The molecule has 120 valence electrons. The van der Waals surface area contributed by atoms with Gasteiger partial charge in [-0.15, -0.1) is 0 Å². The number of carbonyl (C=O) groups excluding carboxylic acids is 1. The monoisotopic (exact) mass is 338 g/mol. The minimum absolute atomic E-state index is 0.0320. The average Bonchev–Trinajstić information content (AvgIpc) is 2.59. The quantitative estimate of drug-likeness (QED) is 0.562. The van der Waals surface area contributed by atoms with Gasteiger partial charge in [0.15, 0.2) is 5.78 Å². The van der Waals surface area contributed by atoms with Gasteiger partial charge in [0.25, 0.3) is 0 Å². The van der Waals surface area contributed by atoms with Crippen molar-refractivity contribution in [1.29, 1.82) is 0 Å². The van der Waals surface area contributed by atoms with Crippen molar-refractivity contribution in [2.24, 2.45) is 0 Å². The first-order valence-corrected chi connectivity index (χ1v) is 7.77. The minimum Gasteiger partial charge on any atom is -0.353 e. The Kier molecular flexibility index (Phi) is 4.82. The lowest BCUT2D eigenvalue weighted by Crippen LogP contribution is -2.06. The van der Waals surface area contributed by atoms with E-state index in [-0.39, 0.29) is 12.2 Å².